The molecule has 1 aromatic carbocycles. The van der Waals surface area contributed by atoms with E-state index in [1.165, 1.54) is 12.8 Å². The van der Waals surface area contributed by atoms with Crippen LogP contribution >= 0.6 is 0 Å². The average Bonchev–Trinajstić information content (AvgIpc) is 2.66. The van der Waals surface area contributed by atoms with E-state index in [0.29, 0.717) is 0 Å². The summed E-state index contributed by atoms with van der Waals surface area (Å²) in [5.74, 6) is 0. The molecule has 0 spiro atoms. The molecule has 2 rings (SSSR count). The van der Waals surface area contributed by atoms with Crippen molar-refractivity contribution in [2.45, 2.75) is 50.7 Å². The lowest BCUT2D eigenvalue weighted by atomic mass is 9.86. The normalized spacial score (nSPS) is 20.0. The molecule has 1 aliphatic rings. The monoisotopic (exact) mass is 221 g/mol. The number of alkyl halides is 1. The van der Waals surface area contributed by atoms with E-state index in [4.69, 9.17) is 5.73 Å². The Morgan fingerprint density at radius 1 is 1.25 bits per heavy atom. The zero-order valence-electron chi connectivity index (χ0n) is 10.1. The molecule has 2 N–H and O–H groups in total. The van der Waals surface area contributed by atoms with Crippen LogP contribution in [0.1, 0.15) is 50.7 Å². The first-order chi connectivity index (χ1) is 7.42. The lowest BCUT2D eigenvalue weighted by Gasteiger charge is -2.26. The molecule has 2 heteroatoms. The Kier molecular flexibility index (Phi) is 2.79. The molecular formula is C14H20FN. The van der Waals surface area contributed by atoms with Gasteiger partial charge in [-0.3, -0.25) is 0 Å². The maximum absolute atomic E-state index is 13.9. The second-order valence-electron chi connectivity index (χ2n) is 5.42. The maximum atomic E-state index is 13.9. The summed E-state index contributed by atoms with van der Waals surface area (Å²) in [6.45, 7) is 3.17. The van der Waals surface area contributed by atoms with Gasteiger partial charge >= 0.3 is 0 Å². The molecule has 0 unspecified atom stereocenters. The molecule has 16 heavy (non-hydrogen) atoms. The molecule has 1 aromatic rings. The summed E-state index contributed by atoms with van der Waals surface area (Å²) in [5.41, 5.74) is 6.68. The molecule has 0 aliphatic heterocycles. The van der Waals surface area contributed by atoms with Crippen molar-refractivity contribution < 1.29 is 4.39 Å². The quantitative estimate of drug-likeness (QED) is 0.811. The van der Waals surface area contributed by atoms with Crippen LogP contribution in [0.4, 0.5) is 4.39 Å². The van der Waals surface area contributed by atoms with Crippen molar-refractivity contribution in [3.8, 4) is 0 Å². The van der Waals surface area contributed by atoms with Crippen LogP contribution in [0.2, 0.25) is 0 Å². The lowest BCUT2D eigenvalue weighted by Crippen LogP contribution is -2.33. The fraction of sp³-hybridized carbons (Fsp3) is 0.571. The van der Waals surface area contributed by atoms with Gasteiger partial charge in [-0.15, -0.1) is 0 Å². The molecule has 88 valence electrons. The van der Waals surface area contributed by atoms with Crippen LogP contribution in [-0.2, 0) is 11.2 Å². The Balaban J connectivity index is 2.36. The molecule has 0 amide bonds. The molecule has 0 bridgehead atoms. The SMILES string of the molecule is CC(C)(F)c1cccc(C2(N)CCCC2)c1. The highest BCUT2D eigenvalue weighted by Gasteiger charge is 2.32. The third kappa shape index (κ3) is 2.12. The Morgan fingerprint density at radius 3 is 2.44 bits per heavy atom. The molecule has 0 aromatic heterocycles. The molecule has 0 saturated heterocycles. The van der Waals surface area contributed by atoms with Gasteiger partial charge < -0.3 is 5.73 Å². The first-order valence-corrected chi connectivity index (χ1v) is 6.01. The van der Waals surface area contributed by atoms with Crippen molar-refractivity contribution in [3.05, 3.63) is 35.4 Å². The Morgan fingerprint density at radius 2 is 1.88 bits per heavy atom. The third-order valence-electron chi connectivity index (χ3n) is 3.62. The van der Waals surface area contributed by atoms with Gasteiger partial charge in [-0.05, 0) is 37.8 Å². The van der Waals surface area contributed by atoms with E-state index in [-0.39, 0.29) is 5.54 Å². The minimum Gasteiger partial charge on any atom is -0.321 e. The van der Waals surface area contributed by atoms with Crippen molar-refractivity contribution in [2.75, 3.05) is 0 Å². The zero-order chi connectivity index (χ0) is 11.8. The van der Waals surface area contributed by atoms with E-state index < -0.39 is 5.67 Å². The van der Waals surface area contributed by atoms with E-state index in [1.54, 1.807) is 13.8 Å². The second-order valence-corrected chi connectivity index (χ2v) is 5.42. The van der Waals surface area contributed by atoms with Crippen molar-refractivity contribution in [3.63, 3.8) is 0 Å². The third-order valence-corrected chi connectivity index (χ3v) is 3.62. The van der Waals surface area contributed by atoms with Crippen LogP contribution in [0, 0.1) is 0 Å². The predicted octanol–water partition coefficient (Wildman–Crippen LogP) is 3.62. The summed E-state index contributed by atoms with van der Waals surface area (Å²) in [5, 5.41) is 0. The van der Waals surface area contributed by atoms with Crippen molar-refractivity contribution in [1.82, 2.24) is 0 Å². The van der Waals surface area contributed by atoms with E-state index >= 15 is 0 Å². The lowest BCUT2D eigenvalue weighted by molar-refractivity contribution is 0.221. The zero-order valence-corrected chi connectivity index (χ0v) is 10.1. The van der Waals surface area contributed by atoms with Crippen LogP contribution in [0.15, 0.2) is 24.3 Å². The van der Waals surface area contributed by atoms with Crippen molar-refractivity contribution in [1.29, 1.82) is 0 Å². The molecule has 0 radical (unpaired) electrons. The van der Waals surface area contributed by atoms with Gasteiger partial charge in [0.2, 0.25) is 0 Å². The van der Waals surface area contributed by atoms with Crippen LogP contribution < -0.4 is 5.73 Å². The smallest absolute Gasteiger partial charge is 0.130 e. The topological polar surface area (TPSA) is 26.0 Å². The summed E-state index contributed by atoms with van der Waals surface area (Å²) < 4.78 is 13.9. The van der Waals surface area contributed by atoms with Gasteiger partial charge in [0.05, 0.1) is 0 Å². The number of hydrogen-bond acceptors (Lipinski definition) is 1. The standard InChI is InChI=1S/C14H20FN/c1-13(2,15)11-6-5-7-12(10-11)14(16)8-3-4-9-14/h5-7,10H,3-4,8-9,16H2,1-2H3. The maximum Gasteiger partial charge on any atom is 0.130 e. The largest absolute Gasteiger partial charge is 0.321 e. The van der Waals surface area contributed by atoms with E-state index in [9.17, 15) is 4.39 Å². The number of halogens is 1. The summed E-state index contributed by atoms with van der Waals surface area (Å²) >= 11 is 0. The number of nitrogens with two attached hydrogens (primary N) is 1. The van der Waals surface area contributed by atoms with E-state index in [2.05, 4.69) is 0 Å². The summed E-state index contributed by atoms with van der Waals surface area (Å²) in [4.78, 5) is 0. The van der Waals surface area contributed by atoms with Gasteiger partial charge in [-0.25, -0.2) is 4.39 Å². The van der Waals surface area contributed by atoms with Crippen molar-refractivity contribution in [2.24, 2.45) is 5.73 Å². The summed E-state index contributed by atoms with van der Waals surface area (Å²) in [6.07, 6.45) is 4.39. The number of benzene rings is 1. The van der Waals surface area contributed by atoms with Crippen molar-refractivity contribution >= 4 is 0 Å². The minimum atomic E-state index is -1.29. The summed E-state index contributed by atoms with van der Waals surface area (Å²) in [7, 11) is 0. The second kappa shape index (κ2) is 3.85. The highest BCUT2D eigenvalue weighted by Crippen LogP contribution is 2.37. The molecule has 0 atom stereocenters. The molecule has 1 saturated carbocycles. The molecule has 1 nitrogen and oxygen atoms in total. The first-order valence-electron chi connectivity index (χ1n) is 6.01. The fourth-order valence-electron chi connectivity index (χ4n) is 2.49. The van der Waals surface area contributed by atoms with Crippen LogP contribution in [0.5, 0.6) is 0 Å². The average molecular weight is 221 g/mol. The van der Waals surface area contributed by atoms with Gasteiger partial charge in [-0.2, -0.15) is 0 Å². The van der Waals surface area contributed by atoms with Gasteiger partial charge in [0.15, 0.2) is 0 Å². The minimum absolute atomic E-state index is 0.221. The highest BCUT2D eigenvalue weighted by molar-refractivity contribution is 5.32. The molecule has 1 aliphatic carbocycles. The number of hydrogen-bond donors (Lipinski definition) is 1. The van der Waals surface area contributed by atoms with Gasteiger partial charge in [-0.1, -0.05) is 37.1 Å². The number of rotatable bonds is 2. The summed E-state index contributed by atoms with van der Waals surface area (Å²) in [6, 6.07) is 7.71. The highest BCUT2D eigenvalue weighted by atomic mass is 19.1. The van der Waals surface area contributed by atoms with Crippen LogP contribution in [-0.4, -0.2) is 0 Å². The Hall–Kier alpha value is -0.890. The van der Waals surface area contributed by atoms with E-state index in [0.717, 1.165) is 24.0 Å². The van der Waals surface area contributed by atoms with Crippen LogP contribution in [0.3, 0.4) is 0 Å². The fourth-order valence-corrected chi connectivity index (χ4v) is 2.49. The van der Waals surface area contributed by atoms with Gasteiger partial charge in [0, 0.05) is 5.54 Å². The molecular weight excluding hydrogens is 201 g/mol. The molecule has 0 heterocycles. The Labute approximate surface area is 96.9 Å². The first kappa shape index (κ1) is 11.6. The van der Waals surface area contributed by atoms with Gasteiger partial charge in [0.25, 0.3) is 0 Å². The predicted molar refractivity (Wildman–Crippen MR) is 64.9 cm³/mol. The van der Waals surface area contributed by atoms with Gasteiger partial charge in [0.1, 0.15) is 5.67 Å². The molecule has 1 fully saturated rings. The Bertz CT molecular complexity index is 373. The van der Waals surface area contributed by atoms with E-state index in [1.807, 2.05) is 24.3 Å². The van der Waals surface area contributed by atoms with Crippen LogP contribution in [0.25, 0.3) is 0 Å².